The molecule has 4 rings (SSSR count). The summed E-state index contributed by atoms with van der Waals surface area (Å²) in [7, 11) is 1.49. The number of nitrogens with zero attached hydrogens (tertiary/aromatic N) is 3. The lowest BCUT2D eigenvalue weighted by Crippen LogP contribution is -2.39. The molecule has 0 radical (unpaired) electrons. The van der Waals surface area contributed by atoms with Crippen molar-refractivity contribution in [2.24, 2.45) is 0 Å². The molecule has 1 aromatic heterocycles. The number of fused-ring (bicyclic) bond motifs is 1. The summed E-state index contributed by atoms with van der Waals surface area (Å²) >= 11 is 6.26. The number of nitrogens with one attached hydrogen (secondary N) is 2. The molecule has 40 heavy (non-hydrogen) atoms. The number of hydrogen-bond donors (Lipinski definition) is 2. The van der Waals surface area contributed by atoms with Crippen LogP contribution in [0.2, 0.25) is 5.02 Å². The molecule has 0 spiro atoms. The van der Waals surface area contributed by atoms with Gasteiger partial charge < -0.3 is 20.3 Å². The molecule has 0 aliphatic carbocycles. The summed E-state index contributed by atoms with van der Waals surface area (Å²) in [4.78, 5) is 41.1. The molecule has 0 unspecified atom stereocenters. The van der Waals surface area contributed by atoms with E-state index in [0.717, 1.165) is 29.9 Å². The van der Waals surface area contributed by atoms with E-state index in [4.69, 9.17) is 16.3 Å². The van der Waals surface area contributed by atoms with Crippen LogP contribution in [-0.2, 0) is 4.79 Å². The average molecular weight is 562 g/mol. The first-order chi connectivity index (χ1) is 19.3. The van der Waals surface area contributed by atoms with Gasteiger partial charge in [0.25, 0.3) is 11.5 Å². The zero-order valence-corrected chi connectivity index (χ0v) is 23.5. The molecule has 208 valence electrons. The van der Waals surface area contributed by atoms with Crippen molar-refractivity contribution < 1.29 is 14.3 Å². The van der Waals surface area contributed by atoms with Crippen molar-refractivity contribution in [1.82, 2.24) is 20.4 Å². The number of halogens is 1. The van der Waals surface area contributed by atoms with Crippen LogP contribution in [0.15, 0.2) is 71.5 Å². The minimum Gasteiger partial charge on any atom is -0.495 e. The number of aromatic nitrogens is 2. The monoisotopic (exact) mass is 561 g/mol. The molecule has 3 aromatic carbocycles. The van der Waals surface area contributed by atoms with Crippen LogP contribution in [0, 0.1) is 6.92 Å². The van der Waals surface area contributed by atoms with Crippen LogP contribution in [0.1, 0.15) is 29.4 Å². The van der Waals surface area contributed by atoms with E-state index in [9.17, 15) is 14.4 Å². The van der Waals surface area contributed by atoms with Crippen LogP contribution < -0.4 is 25.8 Å². The third-order valence-electron chi connectivity index (χ3n) is 6.48. The number of benzene rings is 3. The summed E-state index contributed by atoms with van der Waals surface area (Å²) in [5.41, 5.74) is 2.34. The first kappa shape index (κ1) is 28.6. The Kier molecular flexibility index (Phi) is 9.39. The van der Waals surface area contributed by atoms with Gasteiger partial charge in [-0.3, -0.25) is 14.4 Å². The zero-order valence-electron chi connectivity index (χ0n) is 22.7. The Bertz CT molecular complexity index is 1590. The molecule has 0 aliphatic heterocycles. The lowest BCUT2D eigenvalue weighted by Gasteiger charge is -2.23. The quantitative estimate of drug-likeness (QED) is 0.267. The zero-order chi connectivity index (χ0) is 28.6. The van der Waals surface area contributed by atoms with Crippen molar-refractivity contribution in [3.05, 3.63) is 93.4 Å². The minimum absolute atomic E-state index is 0.0201. The molecule has 9 nitrogen and oxygen atoms in total. The van der Waals surface area contributed by atoms with Crippen LogP contribution in [-0.4, -0.2) is 54.9 Å². The maximum absolute atomic E-state index is 13.2. The molecule has 2 amide bonds. The standard InChI is InChI=1S/C30H32ClN5O4/c1-4-35(21-10-7-9-20(2)17-21)16-8-15-32-27(37)19-33-29(38)28-23-11-5-6-12-24(23)30(39)36(34-28)22-13-14-26(40-3)25(31)18-22/h5-7,9-14,17-18H,4,8,15-16,19H2,1-3H3,(H,32,37)(H,33,38). The maximum atomic E-state index is 13.2. The highest BCUT2D eigenvalue weighted by molar-refractivity contribution is 6.32. The molecule has 2 N–H and O–H groups in total. The van der Waals surface area contributed by atoms with Crippen LogP contribution in [0.25, 0.3) is 16.5 Å². The Labute approximate surface area is 237 Å². The number of methoxy groups -OCH3 is 1. The van der Waals surface area contributed by atoms with E-state index in [1.165, 1.54) is 18.7 Å². The number of ether oxygens (including phenoxy) is 1. The van der Waals surface area contributed by atoms with E-state index in [0.29, 0.717) is 33.8 Å². The van der Waals surface area contributed by atoms with Gasteiger partial charge in [0.05, 0.1) is 29.8 Å². The van der Waals surface area contributed by atoms with E-state index >= 15 is 0 Å². The Morgan fingerprint density at radius 1 is 1.02 bits per heavy atom. The first-order valence-corrected chi connectivity index (χ1v) is 13.4. The van der Waals surface area contributed by atoms with Crippen LogP contribution >= 0.6 is 11.6 Å². The summed E-state index contributed by atoms with van der Waals surface area (Å²) in [6, 6.07) is 19.8. The molecule has 0 atom stereocenters. The predicted octanol–water partition coefficient (Wildman–Crippen LogP) is 4.12. The minimum atomic E-state index is -0.573. The Balaban J connectivity index is 1.41. The van der Waals surface area contributed by atoms with Crippen LogP contribution in [0.5, 0.6) is 5.75 Å². The van der Waals surface area contributed by atoms with Gasteiger partial charge >= 0.3 is 0 Å². The highest BCUT2D eigenvalue weighted by atomic mass is 35.5. The normalized spacial score (nSPS) is 10.8. The first-order valence-electron chi connectivity index (χ1n) is 13.0. The molecule has 0 saturated carbocycles. The summed E-state index contributed by atoms with van der Waals surface area (Å²) in [5, 5.41) is 10.8. The van der Waals surface area contributed by atoms with Gasteiger partial charge in [-0.05, 0) is 62.2 Å². The fourth-order valence-corrected chi connectivity index (χ4v) is 4.67. The highest BCUT2D eigenvalue weighted by Gasteiger charge is 2.19. The van der Waals surface area contributed by atoms with Gasteiger partial charge in [-0.1, -0.05) is 41.9 Å². The van der Waals surface area contributed by atoms with Gasteiger partial charge in [0.2, 0.25) is 5.91 Å². The fourth-order valence-electron chi connectivity index (χ4n) is 4.42. The van der Waals surface area contributed by atoms with Crippen LogP contribution in [0.4, 0.5) is 5.69 Å². The molecule has 10 heteroatoms. The van der Waals surface area contributed by atoms with Crippen LogP contribution in [0.3, 0.4) is 0 Å². The lowest BCUT2D eigenvalue weighted by atomic mass is 10.1. The van der Waals surface area contributed by atoms with Crippen molar-refractivity contribution in [3.63, 3.8) is 0 Å². The molecular formula is C30H32ClN5O4. The van der Waals surface area contributed by atoms with Crippen molar-refractivity contribution in [1.29, 1.82) is 0 Å². The molecule has 4 aromatic rings. The maximum Gasteiger partial charge on any atom is 0.279 e. The topological polar surface area (TPSA) is 106 Å². The van der Waals surface area contributed by atoms with E-state index in [2.05, 4.69) is 52.7 Å². The number of amides is 2. The second-order valence-electron chi connectivity index (χ2n) is 9.23. The van der Waals surface area contributed by atoms with E-state index in [-0.39, 0.29) is 18.1 Å². The van der Waals surface area contributed by atoms with Gasteiger partial charge in [-0.15, -0.1) is 0 Å². The van der Waals surface area contributed by atoms with E-state index in [1.807, 2.05) is 6.07 Å². The second-order valence-corrected chi connectivity index (χ2v) is 9.64. The van der Waals surface area contributed by atoms with Crippen molar-refractivity contribution >= 4 is 39.9 Å². The van der Waals surface area contributed by atoms with Gasteiger partial charge in [-0.2, -0.15) is 9.78 Å². The van der Waals surface area contributed by atoms with Crippen molar-refractivity contribution in [2.75, 3.05) is 38.2 Å². The number of aryl methyl sites for hydroxylation is 1. The Morgan fingerprint density at radius 2 is 1.80 bits per heavy atom. The lowest BCUT2D eigenvalue weighted by molar-refractivity contribution is -0.120. The summed E-state index contributed by atoms with van der Waals surface area (Å²) in [5.74, 6) is -0.441. The predicted molar refractivity (Wildman–Crippen MR) is 158 cm³/mol. The molecule has 0 bridgehead atoms. The molecule has 0 saturated heterocycles. The number of carbonyl (C=O) groups excluding carboxylic acids is 2. The molecular weight excluding hydrogens is 530 g/mol. The Hall–Kier alpha value is -4.37. The number of anilines is 1. The van der Waals surface area contributed by atoms with Gasteiger partial charge in [-0.25, -0.2) is 0 Å². The van der Waals surface area contributed by atoms with Crippen molar-refractivity contribution in [3.8, 4) is 11.4 Å². The highest BCUT2D eigenvalue weighted by Crippen LogP contribution is 2.26. The third kappa shape index (κ3) is 6.60. The smallest absolute Gasteiger partial charge is 0.279 e. The van der Waals surface area contributed by atoms with E-state index < -0.39 is 11.5 Å². The van der Waals surface area contributed by atoms with Crippen molar-refractivity contribution in [2.45, 2.75) is 20.3 Å². The second kappa shape index (κ2) is 13.1. The number of hydrogen-bond acceptors (Lipinski definition) is 6. The number of rotatable bonds is 11. The summed E-state index contributed by atoms with van der Waals surface area (Å²) < 4.78 is 6.31. The fraction of sp³-hybridized carbons (Fsp3) is 0.267. The largest absolute Gasteiger partial charge is 0.495 e. The van der Waals surface area contributed by atoms with E-state index in [1.54, 1.807) is 36.4 Å². The summed E-state index contributed by atoms with van der Waals surface area (Å²) in [6.45, 7) is 6.06. The third-order valence-corrected chi connectivity index (χ3v) is 6.78. The molecule has 1 heterocycles. The van der Waals surface area contributed by atoms with Gasteiger partial charge in [0.1, 0.15) is 5.75 Å². The molecule has 0 aliphatic rings. The van der Waals surface area contributed by atoms with Gasteiger partial charge in [0.15, 0.2) is 5.69 Å². The number of carbonyl (C=O) groups is 2. The van der Waals surface area contributed by atoms with Gasteiger partial charge in [0, 0.05) is 30.7 Å². The Morgan fingerprint density at radius 3 is 2.50 bits per heavy atom. The summed E-state index contributed by atoms with van der Waals surface area (Å²) in [6.07, 6.45) is 0.753. The average Bonchev–Trinajstić information content (AvgIpc) is 2.96. The molecule has 0 fully saturated rings. The SMILES string of the molecule is CCN(CCCNC(=O)CNC(=O)c1nn(-c2ccc(OC)c(Cl)c2)c(=O)c2ccccc12)c1cccc(C)c1.